The molecule has 1 rings (SSSR count). The van der Waals surface area contributed by atoms with Gasteiger partial charge in [-0.15, -0.1) is 0 Å². The van der Waals surface area contributed by atoms with Crippen LogP contribution in [-0.2, 0) is 9.53 Å². The van der Waals surface area contributed by atoms with Crippen LogP contribution in [0.5, 0.6) is 0 Å². The monoisotopic (exact) mass is 326 g/mol. The summed E-state index contributed by atoms with van der Waals surface area (Å²) in [7, 11) is 0. The summed E-state index contributed by atoms with van der Waals surface area (Å²) < 4.78 is 5.01. The zero-order chi connectivity index (χ0) is 17.2. The molecule has 0 bridgehead atoms. The molecule has 0 aromatic rings. The van der Waals surface area contributed by atoms with Gasteiger partial charge >= 0.3 is 0 Å². The molecule has 9 atom stereocenters. The fourth-order valence-corrected chi connectivity index (χ4v) is 2.15. The second kappa shape index (κ2) is 7.73. The Bertz CT molecular complexity index is 377. The summed E-state index contributed by atoms with van der Waals surface area (Å²) >= 11 is 0. The molecule has 1 saturated heterocycles. The molecule has 22 heavy (non-hydrogen) atoms. The summed E-state index contributed by atoms with van der Waals surface area (Å²) in [5, 5.41) is 75.4. The summed E-state index contributed by atoms with van der Waals surface area (Å²) in [4.78, 5) is 12.0. The summed E-state index contributed by atoms with van der Waals surface area (Å²) in [6.45, 7) is 0.414. The van der Waals surface area contributed by atoms with Gasteiger partial charge in [0.05, 0.1) is 12.7 Å². The van der Waals surface area contributed by atoms with Crippen LogP contribution in [0.15, 0.2) is 0 Å². The molecule has 0 amide bonds. The summed E-state index contributed by atoms with van der Waals surface area (Å²) in [5.41, 5.74) is 0. The lowest BCUT2D eigenvalue weighted by molar-refractivity contribution is -0.221. The van der Waals surface area contributed by atoms with Crippen LogP contribution in [0.1, 0.15) is 6.92 Å². The van der Waals surface area contributed by atoms with E-state index in [0.717, 1.165) is 0 Å². The molecule has 1 unspecified atom stereocenters. The van der Waals surface area contributed by atoms with Crippen molar-refractivity contribution in [1.29, 1.82) is 0 Å². The third-order valence-electron chi connectivity index (χ3n) is 3.68. The highest BCUT2D eigenvalue weighted by Gasteiger charge is 2.48. The molecule has 0 saturated carbocycles. The maximum absolute atomic E-state index is 12.0. The largest absolute Gasteiger partial charge is 0.394 e. The fraction of sp³-hybridized carbons (Fsp3) is 0.917. The van der Waals surface area contributed by atoms with E-state index in [-0.39, 0.29) is 0 Å². The topological polar surface area (TPSA) is 188 Å². The lowest BCUT2D eigenvalue weighted by atomic mass is 9.89. The molecule has 1 aliphatic rings. The van der Waals surface area contributed by atoms with Gasteiger partial charge in [-0.2, -0.15) is 0 Å². The quantitative estimate of drug-likeness (QED) is 0.234. The van der Waals surface area contributed by atoms with E-state index in [1.165, 1.54) is 6.92 Å². The number of carbonyl (C=O) groups excluding carboxylic acids is 1. The van der Waals surface area contributed by atoms with E-state index in [1.807, 2.05) is 0 Å². The van der Waals surface area contributed by atoms with E-state index in [4.69, 9.17) is 9.84 Å². The van der Waals surface area contributed by atoms with E-state index in [9.17, 15) is 40.5 Å². The number of rotatable bonds is 6. The fourth-order valence-electron chi connectivity index (χ4n) is 2.15. The van der Waals surface area contributed by atoms with Gasteiger partial charge in [0.1, 0.15) is 48.8 Å². The summed E-state index contributed by atoms with van der Waals surface area (Å²) in [6.07, 6.45) is -16.0. The van der Waals surface area contributed by atoms with Gasteiger partial charge < -0.3 is 45.6 Å². The van der Waals surface area contributed by atoms with Crippen LogP contribution in [0, 0.1) is 0 Å². The van der Waals surface area contributed by atoms with Crippen molar-refractivity contribution in [3.8, 4) is 0 Å². The third kappa shape index (κ3) is 3.79. The lowest BCUT2D eigenvalue weighted by Gasteiger charge is -2.39. The highest BCUT2D eigenvalue weighted by Crippen LogP contribution is 2.23. The normalized spacial score (nSPS) is 38.1. The van der Waals surface area contributed by atoms with Crippen molar-refractivity contribution in [1.82, 2.24) is 0 Å². The molecule has 130 valence electrons. The van der Waals surface area contributed by atoms with Gasteiger partial charge in [0, 0.05) is 0 Å². The number of hydrogen-bond acceptors (Lipinski definition) is 10. The molecule has 0 aliphatic carbocycles. The van der Waals surface area contributed by atoms with Crippen molar-refractivity contribution in [2.45, 2.75) is 61.9 Å². The SMILES string of the molecule is C[C@@H]1OC(C(=O)[C@H](O)[C@@H](O)[C@@H](O)[C@H](O)CO)[C@@H](O)[C@H](O)[C@@H]1O. The van der Waals surface area contributed by atoms with Crippen LogP contribution in [0.3, 0.4) is 0 Å². The summed E-state index contributed by atoms with van der Waals surface area (Å²) in [6, 6.07) is 0. The number of aliphatic hydroxyl groups excluding tert-OH is 8. The van der Waals surface area contributed by atoms with Crippen LogP contribution in [0.25, 0.3) is 0 Å². The second-order valence-corrected chi connectivity index (χ2v) is 5.31. The molecule has 0 spiro atoms. The predicted octanol–water partition coefficient (Wildman–Crippen LogP) is -5.14. The van der Waals surface area contributed by atoms with Crippen molar-refractivity contribution in [2.75, 3.05) is 6.61 Å². The molecule has 1 fully saturated rings. The Morgan fingerprint density at radius 1 is 1.00 bits per heavy atom. The average Bonchev–Trinajstić information content (AvgIpc) is 2.52. The Labute approximate surface area is 125 Å². The summed E-state index contributed by atoms with van der Waals surface area (Å²) in [5.74, 6) is -1.25. The van der Waals surface area contributed by atoms with E-state index >= 15 is 0 Å². The van der Waals surface area contributed by atoms with E-state index in [2.05, 4.69) is 0 Å². The second-order valence-electron chi connectivity index (χ2n) is 5.31. The first-order chi connectivity index (χ1) is 10.1. The Kier molecular flexibility index (Phi) is 6.80. The van der Waals surface area contributed by atoms with Crippen LogP contribution >= 0.6 is 0 Å². The molecule has 8 N–H and O–H groups in total. The third-order valence-corrected chi connectivity index (χ3v) is 3.68. The van der Waals surface area contributed by atoms with Crippen molar-refractivity contribution < 1.29 is 50.4 Å². The van der Waals surface area contributed by atoms with Crippen LogP contribution in [0.4, 0.5) is 0 Å². The number of aliphatic hydroxyl groups is 8. The zero-order valence-electron chi connectivity index (χ0n) is 11.8. The van der Waals surface area contributed by atoms with Crippen molar-refractivity contribution in [2.24, 2.45) is 0 Å². The first-order valence-corrected chi connectivity index (χ1v) is 6.70. The molecular formula is C12H22O10. The van der Waals surface area contributed by atoms with Gasteiger partial charge in [0.15, 0.2) is 5.78 Å². The standard InChI is InChI=1S/C12H22O10/c1-3-5(15)7(17)10(20)12(22-3)11(21)9(19)8(18)6(16)4(14)2-13/h3-10,12-20H,2H2,1H3/t3-,4+,5+,6-,7+,8-,9+,10-,12?/m0/s1. The van der Waals surface area contributed by atoms with Gasteiger partial charge in [0.2, 0.25) is 0 Å². The molecule has 1 aliphatic heterocycles. The highest BCUT2D eigenvalue weighted by atomic mass is 16.5. The predicted molar refractivity (Wildman–Crippen MR) is 68.5 cm³/mol. The molecule has 0 radical (unpaired) electrons. The van der Waals surface area contributed by atoms with Gasteiger partial charge in [-0.1, -0.05) is 0 Å². The van der Waals surface area contributed by atoms with E-state index in [1.54, 1.807) is 0 Å². The molecule has 0 aromatic carbocycles. The molecule has 10 heteroatoms. The van der Waals surface area contributed by atoms with E-state index in [0.29, 0.717) is 0 Å². The van der Waals surface area contributed by atoms with Crippen molar-refractivity contribution in [3.05, 3.63) is 0 Å². The number of carbonyl (C=O) groups is 1. The molecule has 0 aromatic heterocycles. The first-order valence-electron chi connectivity index (χ1n) is 6.70. The van der Waals surface area contributed by atoms with E-state index < -0.39 is 67.3 Å². The number of ketones is 1. The average molecular weight is 326 g/mol. The minimum absolute atomic E-state index is 0.913. The van der Waals surface area contributed by atoms with Crippen LogP contribution in [0.2, 0.25) is 0 Å². The van der Waals surface area contributed by atoms with Gasteiger partial charge in [-0.3, -0.25) is 4.79 Å². The lowest BCUT2D eigenvalue weighted by Crippen LogP contribution is -2.62. The first kappa shape index (κ1) is 19.4. The molecule has 1 heterocycles. The highest BCUT2D eigenvalue weighted by molar-refractivity contribution is 5.88. The van der Waals surface area contributed by atoms with Gasteiger partial charge in [-0.05, 0) is 6.92 Å². The maximum Gasteiger partial charge on any atom is 0.195 e. The Morgan fingerprint density at radius 2 is 1.55 bits per heavy atom. The minimum Gasteiger partial charge on any atom is -0.394 e. The van der Waals surface area contributed by atoms with Crippen LogP contribution in [-0.4, -0.2) is 108 Å². The Morgan fingerprint density at radius 3 is 2.05 bits per heavy atom. The Hall–Kier alpha value is -0.690. The van der Waals surface area contributed by atoms with Crippen molar-refractivity contribution in [3.63, 3.8) is 0 Å². The van der Waals surface area contributed by atoms with Crippen molar-refractivity contribution >= 4 is 5.78 Å². The maximum atomic E-state index is 12.0. The van der Waals surface area contributed by atoms with Gasteiger partial charge in [0.25, 0.3) is 0 Å². The van der Waals surface area contributed by atoms with Gasteiger partial charge in [-0.25, -0.2) is 0 Å². The number of Topliss-reactive ketones (excluding diaryl/α,β-unsaturated/α-hetero) is 1. The number of hydrogen-bond donors (Lipinski definition) is 8. The number of ether oxygens (including phenoxy) is 1. The molecular weight excluding hydrogens is 304 g/mol. The Balaban J connectivity index is 2.81. The van der Waals surface area contributed by atoms with Crippen LogP contribution < -0.4 is 0 Å². The molecule has 10 nitrogen and oxygen atoms in total. The zero-order valence-corrected chi connectivity index (χ0v) is 11.8. The minimum atomic E-state index is -2.24. The smallest absolute Gasteiger partial charge is 0.195 e.